The van der Waals surface area contributed by atoms with E-state index in [2.05, 4.69) is 57.0 Å². The highest BCUT2D eigenvalue weighted by Crippen LogP contribution is 2.46. The van der Waals surface area contributed by atoms with Crippen molar-refractivity contribution in [2.45, 2.75) is 63.5 Å². The van der Waals surface area contributed by atoms with Gasteiger partial charge in [-0.3, -0.25) is 9.69 Å². The van der Waals surface area contributed by atoms with Gasteiger partial charge in [0, 0.05) is 18.0 Å². The minimum absolute atomic E-state index is 0.0377. The third-order valence-corrected chi connectivity index (χ3v) is 5.95. The number of hydrogen-bond acceptors (Lipinski definition) is 3. The summed E-state index contributed by atoms with van der Waals surface area (Å²) in [5.41, 5.74) is 2.79. The van der Waals surface area contributed by atoms with Crippen molar-refractivity contribution in [1.82, 2.24) is 4.90 Å². The van der Waals surface area contributed by atoms with Crippen LogP contribution in [-0.2, 0) is 14.9 Å². The lowest BCUT2D eigenvalue weighted by Crippen LogP contribution is -2.49. The summed E-state index contributed by atoms with van der Waals surface area (Å²) in [4.78, 5) is 14.9. The fourth-order valence-electron chi connectivity index (χ4n) is 4.50. The van der Waals surface area contributed by atoms with Gasteiger partial charge in [-0.1, -0.05) is 45.0 Å². The lowest BCUT2D eigenvalue weighted by molar-refractivity contribution is -0.150. The molecule has 0 radical (unpaired) electrons. The van der Waals surface area contributed by atoms with Gasteiger partial charge in [-0.2, -0.15) is 0 Å². The highest BCUT2D eigenvalue weighted by atomic mass is 16.5. The topological polar surface area (TPSA) is 29.5 Å². The van der Waals surface area contributed by atoms with Gasteiger partial charge < -0.3 is 4.74 Å². The Morgan fingerprint density at radius 3 is 2.39 bits per heavy atom. The van der Waals surface area contributed by atoms with Crippen molar-refractivity contribution in [2.24, 2.45) is 5.92 Å². The number of ether oxygens (including phenoxy) is 1. The summed E-state index contributed by atoms with van der Waals surface area (Å²) < 4.78 is 5.15. The smallest absolute Gasteiger partial charge is 0.310 e. The molecule has 1 aromatic rings. The van der Waals surface area contributed by atoms with Gasteiger partial charge in [-0.15, -0.1) is 0 Å². The molecule has 3 rings (SSSR count). The zero-order chi connectivity index (χ0) is 16.8. The second-order valence-electron chi connectivity index (χ2n) is 8.23. The van der Waals surface area contributed by atoms with E-state index >= 15 is 0 Å². The second-order valence-corrected chi connectivity index (χ2v) is 8.23. The summed E-state index contributed by atoms with van der Waals surface area (Å²) >= 11 is 0. The first-order valence-corrected chi connectivity index (χ1v) is 8.73. The molecule has 23 heavy (non-hydrogen) atoms. The predicted octanol–water partition coefficient (Wildman–Crippen LogP) is 3.72. The Balaban J connectivity index is 1.92. The summed E-state index contributed by atoms with van der Waals surface area (Å²) in [5.74, 6) is 0.196. The molecule has 2 aliphatic rings. The molecular weight excluding hydrogens is 286 g/mol. The van der Waals surface area contributed by atoms with Gasteiger partial charge in [-0.05, 0) is 42.9 Å². The Hall–Kier alpha value is -1.35. The fraction of sp³-hybridized carbons (Fsp3) is 0.650. The molecular formula is C20H29NO2. The average Bonchev–Trinajstić information content (AvgIpc) is 2.75. The zero-order valence-electron chi connectivity index (χ0n) is 15.0. The molecule has 0 aliphatic carbocycles. The van der Waals surface area contributed by atoms with Crippen molar-refractivity contribution in [2.75, 3.05) is 14.2 Å². The number of nitrogens with zero attached hydrogens (tertiary/aromatic N) is 1. The molecule has 0 spiro atoms. The van der Waals surface area contributed by atoms with Gasteiger partial charge in [0.25, 0.3) is 0 Å². The molecule has 2 fully saturated rings. The Kier molecular flexibility index (Phi) is 4.26. The van der Waals surface area contributed by atoms with E-state index in [-0.39, 0.29) is 23.2 Å². The van der Waals surface area contributed by atoms with Crippen molar-refractivity contribution < 1.29 is 9.53 Å². The van der Waals surface area contributed by atoms with Crippen molar-refractivity contribution >= 4 is 5.97 Å². The van der Waals surface area contributed by atoms with Crippen LogP contribution in [0.2, 0.25) is 0 Å². The Morgan fingerprint density at radius 1 is 1.17 bits per heavy atom. The standard InChI is InChI=1S/C20H29NO2/c1-20(2,3)14-8-6-13(7-9-14)16-12-15-10-11-17(21(15)4)18(16)19(22)23-5/h6-9,15-18H,10-12H2,1-5H3. The Bertz CT molecular complexity index is 572. The molecule has 0 N–H and O–H groups in total. The molecule has 2 saturated heterocycles. The number of carbonyl (C=O) groups excluding carboxylic acids is 1. The maximum Gasteiger partial charge on any atom is 0.310 e. The monoisotopic (exact) mass is 315 g/mol. The van der Waals surface area contributed by atoms with E-state index in [0.29, 0.717) is 12.1 Å². The van der Waals surface area contributed by atoms with Gasteiger partial charge in [0.15, 0.2) is 0 Å². The van der Waals surface area contributed by atoms with Crippen molar-refractivity contribution in [3.63, 3.8) is 0 Å². The molecule has 2 heterocycles. The predicted molar refractivity (Wildman–Crippen MR) is 92.6 cm³/mol. The highest BCUT2D eigenvalue weighted by molar-refractivity contribution is 5.75. The van der Waals surface area contributed by atoms with E-state index in [9.17, 15) is 4.79 Å². The van der Waals surface area contributed by atoms with E-state index in [1.807, 2.05) is 0 Å². The Morgan fingerprint density at radius 2 is 1.83 bits per heavy atom. The van der Waals surface area contributed by atoms with Gasteiger partial charge in [0.05, 0.1) is 13.0 Å². The molecule has 0 amide bonds. The lowest BCUT2D eigenvalue weighted by Gasteiger charge is -2.41. The van der Waals surface area contributed by atoms with Crippen molar-refractivity contribution in [3.8, 4) is 0 Å². The maximum absolute atomic E-state index is 12.5. The van der Waals surface area contributed by atoms with Crippen molar-refractivity contribution in [1.29, 1.82) is 0 Å². The van der Waals surface area contributed by atoms with E-state index in [1.165, 1.54) is 24.7 Å². The van der Waals surface area contributed by atoms with Gasteiger partial charge >= 0.3 is 5.97 Å². The minimum Gasteiger partial charge on any atom is -0.469 e. The summed E-state index contributed by atoms with van der Waals surface area (Å²) in [6, 6.07) is 9.84. The molecule has 0 aromatic heterocycles. The fourth-order valence-corrected chi connectivity index (χ4v) is 4.50. The molecule has 3 nitrogen and oxygen atoms in total. The van der Waals surface area contributed by atoms with Crippen LogP contribution >= 0.6 is 0 Å². The lowest BCUT2D eigenvalue weighted by atomic mass is 9.75. The van der Waals surface area contributed by atoms with Crippen molar-refractivity contribution in [3.05, 3.63) is 35.4 Å². The second kappa shape index (κ2) is 5.94. The van der Waals surface area contributed by atoms with E-state index in [4.69, 9.17) is 4.74 Å². The van der Waals surface area contributed by atoms with Gasteiger partial charge in [0.1, 0.15) is 0 Å². The van der Waals surface area contributed by atoms with Gasteiger partial charge in [0.2, 0.25) is 0 Å². The number of benzene rings is 1. The number of carbonyl (C=O) groups is 1. The number of esters is 1. The largest absolute Gasteiger partial charge is 0.469 e. The number of methoxy groups -OCH3 is 1. The molecule has 2 bridgehead atoms. The van der Waals surface area contributed by atoms with E-state index < -0.39 is 0 Å². The third-order valence-electron chi connectivity index (χ3n) is 5.95. The molecule has 2 aliphatic heterocycles. The van der Waals surface area contributed by atoms with Crippen LogP contribution in [0.1, 0.15) is 57.1 Å². The first-order chi connectivity index (χ1) is 10.8. The highest BCUT2D eigenvalue weighted by Gasteiger charge is 2.49. The van der Waals surface area contributed by atoms with Crippen LogP contribution in [-0.4, -0.2) is 37.1 Å². The summed E-state index contributed by atoms with van der Waals surface area (Å²) in [5, 5.41) is 0. The molecule has 126 valence electrons. The Labute approximate surface area is 140 Å². The molecule has 3 heteroatoms. The van der Waals surface area contributed by atoms with Crippen LogP contribution in [0.25, 0.3) is 0 Å². The number of rotatable bonds is 2. The average molecular weight is 315 g/mol. The van der Waals surface area contributed by atoms with Crippen LogP contribution < -0.4 is 0 Å². The first kappa shape index (κ1) is 16.5. The van der Waals surface area contributed by atoms with Crippen LogP contribution in [0.3, 0.4) is 0 Å². The summed E-state index contributed by atoms with van der Waals surface area (Å²) in [6.45, 7) is 6.69. The van der Waals surface area contributed by atoms with Crippen LogP contribution in [0.15, 0.2) is 24.3 Å². The van der Waals surface area contributed by atoms with Crippen LogP contribution in [0.4, 0.5) is 0 Å². The summed E-state index contributed by atoms with van der Waals surface area (Å²) in [6.07, 6.45) is 3.37. The van der Waals surface area contributed by atoms with E-state index in [0.717, 1.165) is 12.8 Å². The van der Waals surface area contributed by atoms with Gasteiger partial charge in [-0.25, -0.2) is 0 Å². The normalized spacial score (nSPS) is 31.2. The SMILES string of the molecule is COC(=O)C1C(c2ccc(C(C)(C)C)cc2)CC2CCC1N2C. The van der Waals surface area contributed by atoms with Crippen LogP contribution in [0, 0.1) is 5.92 Å². The molecule has 1 aromatic carbocycles. The number of hydrogen-bond donors (Lipinski definition) is 0. The zero-order valence-corrected chi connectivity index (χ0v) is 15.0. The summed E-state index contributed by atoms with van der Waals surface area (Å²) in [7, 11) is 3.68. The van der Waals surface area contributed by atoms with Crippen LogP contribution in [0.5, 0.6) is 0 Å². The third kappa shape index (κ3) is 2.91. The molecule has 0 saturated carbocycles. The quantitative estimate of drug-likeness (QED) is 0.779. The number of fused-ring (bicyclic) bond motifs is 2. The first-order valence-electron chi connectivity index (χ1n) is 8.73. The number of piperidine rings is 1. The maximum atomic E-state index is 12.5. The minimum atomic E-state index is -0.0490. The molecule has 4 atom stereocenters. The van der Waals surface area contributed by atoms with E-state index in [1.54, 1.807) is 0 Å². The molecule has 4 unspecified atom stereocenters.